The van der Waals surface area contributed by atoms with E-state index in [1.165, 1.54) is 12.8 Å². The fourth-order valence-corrected chi connectivity index (χ4v) is 2.05. The maximum Gasteiger partial charge on any atom is 0.358 e. The van der Waals surface area contributed by atoms with Gasteiger partial charge in [0.1, 0.15) is 0 Å². The molecule has 18 heavy (non-hydrogen) atoms. The molecule has 1 saturated heterocycles. The smallest absolute Gasteiger partial charge is 0.358 e. The molecule has 0 atom stereocenters. The SMILES string of the molecule is CCOC(=O)c1ccc(N2CCC(C)CC2)nn1. The Hall–Kier alpha value is -1.65. The van der Waals surface area contributed by atoms with Crippen molar-refractivity contribution in [2.24, 2.45) is 5.92 Å². The second-order valence-electron chi connectivity index (χ2n) is 4.67. The van der Waals surface area contributed by atoms with Gasteiger partial charge in [-0.15, -0.1) is 10.2 Å². The van der Waals surface area contributed by atoms with Crippen LogP contribution in [0.25, 0.3) is 0 Å². The summed E-state index contributed by atoms with van der Waals surface area (Å²) < 4.78 is 4.87. The van der Waals surface area contributed by atoms with Crippen LogP contribution in [0.1, 0.15) is 37.2 Å². The summed E-state index contributed by atoms with van der Waals surface area (Å²) in [5.74, 6) is 1.21. The van der Waals surface area contributed by atoms with Crippen molar-refractivity contribution in [2.45, 2.75) is 26.7 Å². The van der Waals surface area contributed by atoms with E-state index in [0.29, 0.717) is 6.61 Å². The topological polar surface area (TPSA) is 55.3 Å². The van der Waals surface area contributed by atoms with E-state index in [0.717, 1.165) is 24.8 Å². The lowest BCUT2D eigenvalue weighted by Gasteiger charge is -2.30. The number of piperidine rings is 1. The molecule has 2 heterocycles. The van der Waals surface area contributed by atoms with Crippen molar-refractivity contribution in [1.29, 1.82) is 0 Å². The fraction of sp³-hybridized carbons (Fsp3) is 0.615. The number of anilines is 1. The molecular weight excluding hydrogens is 230 g/mol. The highest BCUT2D eigenvalue weighted by molar-refractivity contribution is 5.87. The van der Waals surface area contributed by atoms with Gasteiger partial charge in [0.15, 0.2) is 11.5 Å². The monoisotopic (exact) mass is 249 g/mol. The maximum absolute atomic E-state index is 11.4. The Morgan fingerprint density at radius 1 is 1.39 bits per heavy atom. The van der Waals surface area contributed by atoms with Crippen molar-refractivity contribution in [3.63, 3.8) is 0 Å². The number of nitrogens with zero attached hydrogens (tertiary/aromatic N) is 3. The van der Waals surface area contributed by atoms with E-state index < -0.39 is 5.97 Å². The molecule has 0 unspecified atom stereocenters. The Labute approximate surface area is 107 Å². The minimum atomic E-state index is -0.413. The predicted octanol–water partition coefficient (Wildman–Crippen LogP) is 1.89. The summed E-state index contributed by atoms with van der Waals surface area (Å²) >= 11 is 0. The van der Waals surface area contributed by atoms with Crippen molar-refractivity contribution in [3.05, 3.63) is 17.8 Å². The molecule has 98 valence electrons. The van der Waals surface area contributed by atoms with Crippen LogP contribution in [0.5, 0.6) is 0 Å². The van der Waals surface area contributed by atoms with Gasteiger partial charge in [0.2, 0.25) is 0 Å². The third kappa shape index (κ3) is 2.97. The molecule has 1 fully saturated rings. The molecular formula is C13H19N3O2. The fourth-order valence-electron chi connectivity index (χ4n) is 2.05. The first kappa shape index (κ1) is 12.8. The van der Waals surface area contributed by atoms with E-state index in [1.807, 2.05) is 6.07 Å². The van der Waals surface area contributed by atoms with Gasteiger partial charge in [-0.1, -0.05) is 6.92 Å². The van der Waals surface area contributed by atoms with Crippen molar-refractivity contribution >= 4 is 11.8 Å². The molecule has 1 aromatic rings. The summed E-state index contributed by atoms with van der Waals surface area (Å²) in [6.07, 6.45) is 2.36. The van der Waals surface area contributed by atoms with E-state index in [-0.39, 0.29) is 5.69 Å². The maximum atomic E-state index is 11.4. The van der Waals surface area contributed by atoms with Crippen molar-refractivity contribution in [2.75, 3.05) is 24.6 Å². The van der Waals surface area contributed by atoms with Gasteiger partial charge in [-0.2, -0.15) is 0 Å². The predicted molar refractivity (Wildman–Crippen MR) is 68.6 cm³/mol. The summed E-state index contributed by atoms with van der Waals surface area (Å²) in [5, 5.41) is 8.03. The first-order valence-corrected chi connectivity index (χ1v) is 6.46. The summed E-state index contributed by atoms with van der Waals surface area (Å²) in [5.41, 5.74) is 0.269. The molecule has 5 nitrogen and oxygen atoms in total. The lowest BCUT2D eigenvalue weighted by atomic mass is 9.99. The molecule has 0 saturated carbocycles. The van der Waals surface area contributed by atoms with Gasteiger partial charge in [-0.25, -0.2) is 4.79 Å². The van der Waals surface area contributed by atoms with Crippen LogP contribution in [0.15, 0.2) is 12.1 Å². The average Bonchev–Trinajstić information content (AvgIpc) is 2.40. The number of ether oxygens (including phenoxy) is 1. The van der Waals surface area contributed by atoms with E-state index in [4.69, 9.17) is 4.74 Å². The molecule has 5 heteroatoms. The van der Waals surface area contributed by atoms with Crippen LogP contribution in [0.3, 0.4) is 0 Å². The second kappa shape index (κ2) is 5.80. The molecule has 2 rings (SSSR count). The summed E-state index contributed by atoms with van der Waals surface area (Å²) in [7, 11) is 0. The average molecular weight is 249 g/mol. The normalized spacial score (nSPS) is 16.7. The number of carbonyl (C=O) groups is 1. The van der Waals surface area contributed by atoms with Crippen molar-refractivity contribution < 1.29 is 9.53 Å². The van der Waals surface area contributed by atoms with Crippen LogP contribution in [0.2, 0.25) is 0 Å². The number of hydrogen-bond donors (Lipinski definition) is 0. The molecule has 1 aromatic heterocycles. The van der Waals surface area contributed by atoms with Gasteiger partial charge < -0.3 is 9.64 Å². The van der Waals surface area contributed by atoms with Gasteiger partial charge in [0.25, 0.3) is 0 Å². The highest BCUT2D eigenvalue weighted by atomic mass is 16.5. The summed E-state index contributed by atoms with van der Waals surface area (Å²) in [6, 6.07) is 3.52. The third-order valence-corrected chi connectivity index (χ3v) is 3.24. The summed E-state index contributed by atoms with van der Waals surface area (Å²) in [4.78, 5) is 13.6. The largest absolute Gasteiger partial charge is 0.461 e. The number of hydrogen-bond acceptors (Lipinski definition) is 5. The van der Waals surface area contributed by atoms with Gasteiger partial charge in [-0.05, 0) is 37.8 Å². The zero-order valence-corrected chi connectivity index (χ0v) is 10.9. The zero-order valence-electron chi connectivity index (χ0n) is 10.9. The highest BCUT2D eigenvalue weighted by Crippen LogP contribution is 2.20. The molecule has 1 aliphatic rings. The quantitative estimate of drug-likeness (QED) is 0.766. The molecule has 0 radical (unpaired) electrons. The van der Waals surface area contributed by atoms with E-state index in [2.05, 4.69) is 22.0 Å². The highest BCUT2D eigenvalue weighted by Gasteiger charge is 2.18. The molecule has 0 aromatic carbocycles. The van der Waals surface area contributed by atoms with Gasteiger partial charge in [0.05, 0.1) is 6.61 Å². The molecule has 1 aliphatic heterocycles. The number of esters is 1. The van der Waals surface area contributed by atoms with E-state index >= 15 is 0 Å². The Morgan fingerprint density at radius 3 is 2.67 bits per heavy atom. The van der Waals surface area contributed by atoms with Crippen LogP contribution in [-0.4, -0.2) is 35.9 Å². The second-order valence-corrected chi connectivity index (χ2v) is 4.67. The lowest BCUT2D eigenvalue weighted by molar-refractivity contribution is 0.0518. The Kier molecular flexibility index (Phi) is 4.12. The van der Waals surface area contributed by atoms with Crippen LogP contribution < -0.4 is 4.90 Å². The minimum Gasteiger partial charge on any atom is -0.461 e. The van der Waals surface area contributed by atoms with Crippen LogP contribution in [0, 0.1) is 5.92 Å². The van der Waals surface area contributed by atoms with Crippen LogP contribution >= 0.6 is 0 Å². The Morgan fingerprint density at radius 2 is 2.11 bits per heavy atom. The number of aromatic nitrogens is 2. The van der Waals surface area contributed by atoms with Gasteiger partial charge in [0, 0.05) is 13.1 Å². The minimum absolute atomic E-state index is 0.269. The zero-order chi connectivity index (χ0) is 13.0. The third-order valence-electron chi connectivity index (χ3n) is 3.24. The molecule has 0 aliphatic carbocycles. The Bertz CT molecular complexity index is 397. The number of carbonyl (C=O) groups excluding carboxylic acids is 1. The molecule has 0 amide bonds. The van der Waals surface area contributed by atoms with Crippen molar-refractivity contribution in [3.8, 4) is 0 Å². The molecule has 0 N–H and O–H groups in total. The summed E-state index contributed by atoms with van der Waals surface area (Å²) in [6.45, 7) is 6.41. The molecule has 0 bridgehead atoms. The Balaban J connectivity index is 2.01. The van der Waals surface area contributed by atoms with Crippen molar-refractivity contribution in [1.82, 2.24) is 10.2 Å². The molecule has 0 spiro atoms. The number of rotatable bonds is 3. The standard InChI is InChI=1S/C13H19N3O2/c1-3-18-13(17)11-4-5-12(15-14-11)16-8-6-10(2)7-9-16/h4-5,10H,3,6-9H2,1-2H3. The van der Waals surface area contributed by atoms with E-state index in [9.17, 15) is 4.79 Å². The van der Waals surface area contributed by atoms with Gasteiger partial charge in [-0.3, -0.25) is 0 Å². The van der Waals surface area contributed by atoms with Crippen LogP contribution in [0.4, 0.5) is 5.82 Å². The van der Waals surface area contributed by atoms with E-state index in [1.54, 1.807) is 13.0 Å². The van der Waals surface area contributed by atoms with Crippen LogP contribution in [-0.2, 0) is 4.74 Å². The lowest BCUT2D eigenvalue weighted by Crippen LogP contribution is -2.33. The van der Waals surface area contributed by atoms with Gasteiger partial charge >= 0.3 is 5.97 Å². The first-order valence-electron chi connectivity index (χ1n) is 6.46. The first-order chi connectivity index (χ1) is 8.70.